The molecule has 94 valence electrons. The van der Waals surface area contributed by atoms with Gasteiger partial charge >= 0.3 is 5.97 Å². The summed E-state index contributed by atoms with van der Waals surface area (Å²) in [6.45, 7) is 0.0219. The molecule has 7 heteroatoms. The minimum absolute atomic E-state index is 0.00918. The summed E-state index contributed by atoms with van der Waals surface area (Å²) < 4.78 is 4.69. The number of ketones is 1. The third-order valence-corrected chi connectivity index (χ3v) is 2.98. The highest BCUT2D eigenvalue weighted by molar-refractivity contribution is 6.32. The van der Waals surface area contributed by atoms with Gasteiger partial charge in [-0.15, -0.1) is 0 Å². The van der Waals surface area contributed by atoms with Crippen molar-refractivity contribution in [3.63, 3.8) is 0 Å². The summed E-state index contributed by atoms with van der Waals surface area (Å²) in [6.07, 6.45) is 0.00918. The highest BCUT2D eigenvalue weighted by Gasteiger charge is 2.31. The first-order valence-electron chi connectivity index (χ1n) is 5.13. The molecule has 0 aliphatic carbocycles. The fourth-order valence-corrected chi connectivity index (χ4v) is 1.91. The van der Waals surface area contributed by atoms with E-state index in [1.807, 2.05) is 0 Å². The van der Waals surface area contributed by atoms with Gasteiger partial charge in [0.15, 0.2) is 5.78 Å². The van der Waals surface area contributed by atoms with Crippen LogP contribution in [0, 0.1) is 16.0 Å². The van der Waals surface area contributed by atoms with Gasteiger partial charge in [0, 0.05) is 11.6 Å². The zero-order valence-electron chi connectivity index (χ0n) is 9.09. The van der Waals surface area contributed by atoms with Crippen LogP contribution in [0.2, 0.25) is 5.02 Å². The van der Waals surface area contributed by atoms with Crippen LogP contribution in [0.4, 0.5) is 5.69 Å². The Bertz CT molecular complexity index is 542. The van der Waals surface area contributed by atoms with Crippen LogP contribution in [-0.4, -0.2) is 23.3 Å². The maximum atomic E-state index is 12.0. The maximum Gasteiger partial charge on any atom is 0.306 e. The first-order chi connectivity index (χ1) is 8.49. The van der Waals surface area contributed by atoms with E-state index >= 15 is 0 Å². The van der Waals surface area contributed by atoms with Gasteiger partial charge in [-0.3, -0.25) is 19.7 Å². The van der Waals surface area contributed by atoms with E-state index in [9.17, 15) is 19.7 Å². The Balaban J connectivity index is 2.28. The lowest BCUT2D eigenvalue weighted by Gasteiger charge is -2.05. The predicted octanol–water partition coefficient (Wildman–Crippen LogP) is 1.99. The van der Waals surface area contributed by atoms with Gasteiger partial charge in [0.05, 0.1) is 17.3 Å². The van der Waals surface area contributed by atoms with Crippen molar-refractivity contribution < 1.29 is 19.2 Å². The molecule has 0 spiro atoms. The van der Waals surface area contributed by atoms with Crippen LogP contribution in [0.25, 0.3) is 0 Å². The monoisotopic (exact) mass is 269 g/mol. The maximum absolute atomic E-state index is 12.0. The third kappa shape index (κ3) is 2.33. The van der Waals surface area contributed by atoms with Crippen molar-refractivity contribution >= 4 is 29.0 Å². The second-order valence-electron chi connectivity index (χ2n) is 3.87. The molecule has 1 unspecified atom stereocenters. The number of benzene rings is 1. The number of nitrogens with zero attached hydrogens (tertiary/aromatic N) is 1. The number of nitro groups is 1. The number of Topliss-reactive ketones (excluding diaryl/α,β-unsaturated/α-hetero) is 1. The lowest BCUT2D eigenvalue weighted by molar-refractivity contribution is -0.384. The van der Waals surface area contributed by atoms with Gasteiger partial charge in [-0.1, -0.05) is 11.6 Å². The van der Waals surface area contributed by atoms with Crippen molar-refractivity contribution in [2.75, 3.05) is 6.61 Å². The number of carbonyl (C=O) groups is 2. The number of carbonyl (C=O) groups excluding carboxylic acids is 2. The molecule has 1 heterocycles. The number of ether oxygens (including phenoxy) is 1. The molecule has 0 radical (unpaired) electrons. The molecule has 6 nitrogen and oxygen atoms in total. The Labute approximate surface area is 107 Å². The molecule has 1 aliphatic rings. The molecule has 0 N–H and O–H groups in total. The van der Waals surface area contributed by atoms with Crippen LogP contribution < -0.4 is 0 Å². The summed E-state index contributed by atoms with van der Waals surface area (Å²) in [6, 6.07) is 3.82. The summed E-state index contributed by atoms with van der Waals surface area (Å²) >= 11 is 5.65. The van der Waals surface area contributed by atoms with Crippen LogP contribution in [0.1, 0.15) is 16.8 Å². The molecule has 0 saturated carbocycles. The number of esters is 1. The number of nitro benzene ring substituents is 1. The van der Waals surface area contributed by atoms with E-state index in [0.717, 1.165) is 6.07 Å². The molecule has 2 rings (SSSR count). The number of cyclic esters (lactones) is 1. The van der Waals surface area contributed by atoms with Crippen LogP contribution in [-0.2, 0) is 9.53 Å². The fourth-order valence-electron chi connectivity index (χ4n) is 1.72. The molecular formula is C11H8ClNO5. The summed E-state index contributed by atoms with van der Waals surface area (Å²) in [5.41, 5.74) is -0.165. The van der Waals surface area contributed by atoms with Gasteiger partial charge < -0.3 is 4.74 Å². The van der Waals surface area contributed by atoms with Crippen LogP contribution in [0.5, 0.6) is 0 Å². The Morgan fingerprint density at radius 2 is 2.22 bits per heavy atom. The number of hydrogen-bond acceptors (Lipinski definition) is 5. The average Bonchev–Trinajstić information content (AvgIpc) is 2.75. The van der Waals surface area contributed by atoms with E-state index in [1.165, 1.54) is 12.1 Å². The lowest BCUT2D eigenvalue weighted by atomic mass is 9.96. The summed E-state index contributed by atoms with van der Waals surface area (Å²) in [7, 11) is 0. The Kier molecular flexibility index (Phi) is 3.29. The van der Waals surface area contributed by atoms with Crippen LogP contribution in [0.15, 0.2) is 18.2 Å². The smallest absolute Gasteiger partial charge is 0.306 e. The van der Waals surface area contributed by atoms with Gasteiger partial charge in [-0.2, -0.15) is 0 Å². The van der Waals surface area contributed by atoms with Crippen molar-refractivity contribution in [2.45, 2.75) is 6.42 Å². The van der Waals surface area contributed by atoms with E-state index in [4.69, 9.17) is 11.6 Å². The average molecular weight is 270 g/mol. The van der Waals surface area contributed by atoms with Gasteiger partial charge in [-0.25, -0.2) is 0 Å². The molecular weight excluding hydrogens is 262 g/mol. The Morgan fingerprint density at radius 3 is 2.78 bits per heavy atom. The van der Waals surface area contributed by atoms with E-state index in [-0.39, 0.29) is 35.1 Å². The lowest BCUT2D eigenvalue weighted by Crippen LogP contribution is -2.14. The highest BCUT2D eigenvalue weighted by atomic mass is 35.5. The van der Waals surface area contributed by atoms with E-state index in [2.05, 4.69) is 4.74 Å². The van der Waals surface area contributed by atoms with Crippen molar-refractivity contribution in [2.24, 2.45) is 5.92 Å². The molecule has 0 bridgehead atoms. The molecule has 1 saturated heterocycles. The molecule has 0 amide bonds. The van der Waals surface area contributed by atoms with Gasteiger partial charge in [0.2, 0.25) is 0 Å². The molecule has 1 fully saturated rings. The van der Waals surface area contributed by atoms with Gasteiger partial charge in [0.1, 0.15) is 11.6 Å². The summed E-state index contributed by atoms with van der Waals surface area (Å²) in [5.74, 6) is -1.35. The number of halogens is 1. The molecule has 0 aromatic heterocycles. The Morgan fingerprint density at radius 1 is 1.50 bits per heavy atom. The minimum Gasteiger partial charge on any atom is -0.465 e. The highest BCUT2D eigenvalue weighted by Crippen LogP contribution is 2.27. The van der Waals surface area contributed by atoms with E-state index < -0.39 is 16.8 Å². The Hall–Kier alpha value is -1.95. The molecule has 1 atom stereocenters. The van der Waals surface area contributed by atoms with Crippen molar-refractivity contribution in [3.8, 4) is 0 Å². The zero-order chi connectivity index (χ0) is 13.3. The molecule has 1 aromatic rings. The van der Waals surface area contributed by atoms with Gasteiger partial charge in [0.25, 0.3) is 5.69 Å². The van der Waals surface area contributed by atoms with E-state index in [0.29, 0.717) is 0 Å². The minimum atomic E-state index is -0.657. The predicted molar refractivity (Wildman–Crippen MR) is 61.5 cm³/mol. The zero-order valence-corrected chi connectivity index (χ0v) is 9.85. The standard InChI is InChI=1S/C11H8ClNO5/c12-8-2-1-6(3-9(8)13(16)17)11(15)7-4-10(14)18-5-7/h1-3,7H,4-5H2. The van der Waals surface area contributed by atoms with Crippen LogP contribution in [0.3, 0.4) is 0 Å². The van der Waals surface area contributed by atoms with Crippen molar-refractivity contribution in [3.05, 3.63) is 38.9 Å². The largest absolute Gasteiger partial charge is 0.465 e. The van der Waals surface area contributed by atoms with Crippen molar-refractivity contribution in [1.82, 2.24) is 0 Å². The van der Waals surface area contributed by atoms with Crippen LogP contribution >= 0.6 is 11.6 Å². The third-order valence-electron chi connectivity index (χ3n) is 2.66. The van der Waals surface area contributed by atoms with Crippen molar-refractivity contribution in [1.29, 1.82) is 0 Å². The molecule has 1 aromatic carbocycles. The normalized spacial score (nSPS) is 18.5. The topological polar surface area (TPSA) is 86.5 Å². The quantitative estimate of drug-likeness (QED) is 0.362. The molecule has 18 heavy (non-hydrogen) atoms. The fraction of sp³-hybridized carbons (Fsp3) is 0.273. The first kappa shape index (κ1) is 12.5. The van der Waals surface area contributed by atoms with E-state index in [1.54, 1.807) is 0 Å². The number of rotatable bonds is 3. The SMILES string of the molecule is O=C1CC(C(=O)c2ccc(Cl)c([N+](=O)[O-])c2)CO1. The second kappa shape index (κ2) is 4.73. The second-order valence-corrected chi connectivity index (χ2v) is 4.28. The first-order valence-corrected chi connectivity index (χ1v) is 5.50. The van der Waals surface area contributed by atoms with Gasteiger partial charge in [-0.05, 0) is 12.1 Å². The number of hydrogen-bond donors (Lipinski definition) is 0. The molecule has 1 aliphatic heterocycles. The summed E-state index contributed by atoms with van der Waals surface area (Å²) in [5, 5.41) is 10.7. The summed E-state index contributed by atoms with van der Waals surface area (Å²) in [4.78, 5) is 32.9.